The fraction of sp³-hybridized carbons (Fsp3) is 0.706. The van der Waals surface area contributed by atoms with Crippen molar-refractivity contribution in [2.75, 3.05) is 13.1 Å². The predicted octanol–water partition coefficient (Wildman–Crippen LogP) is 1.70. The maximum absolute atomic E-state index is 12.6. The van der Waals surface area contributed by atoms with Gasteiger partial charge in [-0.25, -0.2) is 4.79 Å². The van der Waals surface area contributed by atoms with Gasteiger partial charge >= 0.3 is 6.03 Å². The Bertz CT molecular complexity index is 734. The van der Waals surface area contributed by atoms with Gasteiger partial charge in [0.15, 0.2) is 5.82 Å². The maximum Gasteiger partial charge on any atom is 0.318 e. The summed E-state index contributed by atoms with van der Waals surface area (Å²) in [6, 6.07) is -0.0884. The lowest BCUT2D eigenvalue weighted by Gasteiger charge is -2.34. The minimum atomic E-state index is -0.0540. The number of amides is 2. The van der Waals surface area contributed by atoms with Crippen molar-refractivity contribution in [1.82, 2.24) is 40.0 Å². The van der Waals surface area contributed by atoms with E-state index in [-0.39, 0.29) is 12.1 Å². The molecule has 0 saturated heterocycles. The van der Waals surface area contributed by atoms with Gasteiger partial charge in [-0.15, -0.1) is 15.3 Å². The highest BCUT2D eigenvalue weighted by molar-refractivity contribution is 5.74. The first-order valence-corrected chi connectivity index (χ1v) is 9.55. The number of aromatic nitrogens is 6. The standard InChI is InChI=1S/C17H26N8O/c1-13-15-20-21-16(14-5-2-3-6-14)25(15)12-11-24(13)17(26)18-7-4-9-23-10-8-19-22-23/h8,10,13-14H,2-7,9,11-12H2,1H3,(H,18,26). The molecule has 1 N–H and O–H groups in total. The topological polar surface area (TPSA) is 93.8 Å². The molecular formula is C17H26N8O. The Hall–Kier alpha value is -2.45. The normalized spacial score (nSPS) is 20.3. The first-order chi connectivity index (χ1) is 12.7. The highest BCUT2D eigenvalue weighted by Gasteiger charge is 2.33. The van der Waals surface area contributed by atoms with Crippen LogP contribution in [0.5, 0.6) is 0 Å². The van der Waals surface area contributed by atoms with Crippen LogP contribution in [-0.2, 0) is 13.1 Å². The zero-order chi connectivity index (χ0) is 17.9. The summed E-state index contributed by atoms with van der Waals surface area (Å²) in [6.07, 6.45) is 9.29. The van der Waals surface area contributed by atoms with E-state index in [1.165, 1.54) is 25.7 Å². The lowest BCUT2D eigenvalue weighted by molar-refractivity contribution is 0.159. The van der Waals surface area contributed by atoms with Crippen molar-refractivity contribution in [3.8, 4) is 0 Å². The number of hydrogen-bond acceptors (Lipinski definition) is 5. The van der Waals surface area contributed by atoms with Crippen molar-refractivity contribution >= 4 is 6.03 Å². The maximum atomic E-state index is 12.6. The van der Waals surface area contributed by atoms with Crippen LogP contribution in [0.3, 0.4) is 0 Å². The fourth-order valence-corrected chi connectivity index (χ4v) is 4.06. The Kier molecular flexibility index (Phi) is 4.85. The van der Waals surface area contributed by atoms with E-state index in [1.54, 1.807) is 10.9 Å². The molecule has 9 nitrogen and oxygen atoms in total. The van der Waals surface area contributed by atoms with E-state index >= 15 is 0 Å². The monoisotopic (exact) mass is 358 g/mol. The van der Waals surface area contributed by atoms with Crippen LogP contribution in [0, 0.1) is 0 Å². The van der Waals surface area contributed by atoms with Crippen molar-refractivity contribution in [2.24, 2.45) is 0 Å². The number of rotatable bonds is 5. The van der Waals surface area contributed by atoms with E-state index in [2.05, 4.69) is 30.4 Å². The molecule has 1 fully saturated rings. The average Bonchev–Trinajstić information content (AvgIpc) is 3.39. The summed E-state index contributed by atoms with van der Waals surface area (Å²) < 4.78 is 4.01. The molecule has 2 aliphatic rings. The number of aryl methyl sites for hydroxylation is 1. The van der Waals surface area contributed by atoms with Crippen LogP contribution >= 0.6 is 0 Å². The predicted molar refractivity (Wildman–Crippen MR) is 94.4 cm³/mol. The van der Waals surface area contributed by atoms with Gasteiger partial charge < -0.3 is 14.8 Å². The molecule has 26 heavy (non-hydrogen) atoms. The van der Waals surface area contributed by atoms with Gasteiger partial charge in [-0.1, -0.05) is 18.1 Å². The molecular weight excluding hydrogens is 332 g/mol. The second-order valence-corrected chi connectivity index (χ2v) is 7.17. The van der Waals surface area contributed by atoms with Gasteiger partial charge in [-0.2, -0.15) is 0 Å². The fourth-order valence-electron chi connectivity index (χ4n) is 4.06. The van der Waals surface area contributed by atoms with Gasteiger partial charge in [-0.3, -0.25) is 4.68 Å². The summed E-state index contributed by atoms with van der Waals surface area (Å²) in [6.45, 7) is 4.87. The first-order valence-electron chi connectivity index (χ1n) is 9.55. The van der Waals surface area contributed by atoms with Crippen molar-refractivity contribution in [3.63, 3.8) is 0 Å². The number of hydrogen-bond donors (Lipinski definition) is 1. The number of nitrogens with one attached hydrogen (secondary N) is 1. The highest BCUT2D eigenvalue weighted by atomic mass is 16.2. The van der Waals surface area contributed by atoms with E-state index < -0.39 is 0 Å². The SMILES string of the molecule is CC1c2nnc(C3CCCC3)n2CCN1C(=O)NCCCn1ccnn1. The first kappa shape index (κ1) is 17.0. The molecule has 1 saturated carbocycles. The quantitative estimate of drug-likeness (QED) is 0.821. The van der Waals surface area contributed by atoms with Gasteiger partial charge in [0.25, 0.3) is 0 Å². The molecule has 1 unspecified atom stereocenters. The smallest absolute Gasteiger partial charge is 0.318 e. The zero-order valence-electron chi connectivity index (χ0n) is 15.2. The molecule has 1 atom stereocenters. The molecule has 0 spiro atoms. The summed E-state index contributed by atoms with van der Waals surface area (Å²) >= 11 is 0. The van der Waals surface area contributed by atoms with Crippen LogP contribution in [0.1, 0.15) is 62.6 Å². The van der Waals surface area contributed by atoms with Crippen LogP contribution in [0.15, 0.2) is 12.4 Å². The Morgan fingerprint density at radius 2 is 2.04 bits per heavy atom. The van der Waals surface area contributed by atoms with Crippen LogP contribution in [-0.4, -0.2) is 53.8 Å². The Labute approximate surface area is 152 Å². The molecule has 9 heteroatoms. The average molecular weight is 358 g/mol. The van der Waals surface area contributed by atoms with Crippen LogP contribution < -0.4 is 5.32 Å². The molecule has 2 aromatic heterocycles. The zero-order valence-corrected chi connectivity index (χ0v) is 15.2. The van der Waals surface area contributed by atoms with Crippen molar-refractivity contribution < 1.29 is 4.79 Å². The second kappa shape index (κ2) is 7.43. The Morgan fingerprint density at radius 3 is 2.81 bits per heavy atom. The summed E-state index contributed by atoms with van der Waals surface area (Å²) in [7, 11) is 0. The van der Waals surface area contributed by atoms with Gasteiger partial charge in [-0.05, 0) is 26.2 Å². The summed E-state index contributed by atoms with van der Waals surface area (Å²) in [5.74, 6) is 2.58. The lowest BCUT2D eigenvalue weighted by Crippen LogP contribution is -2.46. The molecule has 4 rings (SSSR count). The third-order valence-corrected chi connectivity index (χ3v) is 5.51. The Balaban J connectivity index is 1.33. The number of nitrogens with zero attached hydrogens (tertiary/aromatic N) is 7. The van der Waals surface area contributed by atoms with Crippen molar-refractivity contribution in [3.05, 3.63) is 24.0 Å². The van der Waals surface area contributed by atoms with Gasteiger partial charge in [0.1, 0.15) is 5.82 Å². The van der Waals surface area contributed by atoms with Gasteiger partial charge in [0.2, 0.25) is 0 Å². The molecule has 0 bridgehead atoms. The summed E-state index contributed by atoms with van der Waals surface area (Å²) in [5, 5.41) is 19.6. The number of fused-ring (bicyclic) bond motifs is 1. The molecule has 3 heterocycles. The molecule has 140 valence electrons. The highest BCUT2D eigenvalue weighted by Crippen LogP contribution is 2.35. The van der Waals surface area contributed by atoms with E-state index in [9.17, 15) is 4.79 Å². The molecule has 1 aliphatic carbocycles. The van der Waals surface area contributed by atoms with E-state index in [4.69, 9.17) is 0 Å². The van der Waals surface area contributed by atoms with Crippen LogP contribution in [0.2, 0.25) is 0 Å². The largest absolute Gasteiger partial charge is 0.338 e. The van der Waals surface area contributed by atoms with E-state index in [0.717, 1.165) is 31.2 Å². The van der Waals surface area contributed by atoms with E-state index in [0.29, 0.717) is 19.0 Å². The molecule has 2 amide bonds. The van der Waals surface area contributed by atoms with E-state index in [1.807, 2.05) is 18.0 Å². The molecule has 0 aromatic carbocycles. The third-order valence-electron chi connectivity index (χ3n) is 5.51. The number of carbonyl (C=O) groups excluding carboxylic acids is 1. The molecule has 0 radical (unpaired) electrons. The van der Waals surface area contributed by atoms with Crippen LogP contribution in [0.4, 0.5) is 4.79 Å². The molecule has 1 aliphatic heterocycles. The summed E-state index contributed by atoms with van der Waals surface area (Å²) in [4.78, 5) is 14.4. The minimum Gasteiger partial charge on any atom is -0.338 e. The minimum absolute atomic E-state index is 0.0345. The van der Waals surface area contributed by atoms with Gasteiger partial charge in [0, 0.05) is 38.3 Å². The second-order valence-electron chi connectivity index (χ2n) is 7.17. The van der Waals surface area contributed by atoms with Crippen LogP contribution in [0.25, 0.3) is 0 Å². The number of carbonyl (C=O) groups is 1. The van der Waals surface area contributed by atoms with Gasteiger partial charge in [0.05, 0.1) is 12.2 Å². The summed E-state index contributed by atoms with van der Waals surface area (Å²) in [5.41, 5.74) is 0. The Morgan fingerprint density at radius 1 is 1.23 bits per heavy atom. The third kappa shape index (κ3) is 3.30. The van der Waals surface area contributed by atoms with Crippen molar-refractivity contribution in [1.29, 1.82) is 0 Å². The lowest BCUT2D eigenvalue weighted by atomic mass is 10.1. The van der Waals surface area contributed by atoms with Crippen molar-refractivity contribution in [2.45, 2.75) is 64.1 Å². The molecule has 2 aromatic rings. The number of urea groups is 1.